The van der Waals surface area contributed by atoms with Crippen LogP contribution in [0.4, 0.5) is 0 Å². The molecule has 0 spiro atoms. The maximum atomic E-state index is 10.7. The van der Waals surface area contributed by atoms with E-state index in [1.165, 1.54) is 12.2 Å². The normalized spacial score (nSPS) is 12.6. The minimum absolute atomic E-state index is 0.183. The molecular formula is C16H11ClN2O2. The highest BCUT2D eigenvalue weighted by molar-refractivity contribution is 6.24. The predicted octanol–water partition coefficient (Wildman–Crippen LogP) is 3.42. The zero-order valence-corrected chi connectivity index (χ0v) is 11.7. The summed E-state index contributed by atoms with van der Waals surface area (Å²) in [6.07, 6.45) is 2.86. The van der Waals surface area contributed by atoms with Gasteiger partial charge in [0.25, 0.3) is 0 Å². The van der Waals surface area contributed by atoms with Crippen LogP contribution in [0.5, 0.6) is 0 Å². The maximum absolute atomic E-state index is 10.7. The number of halogens is 1. The Labute approximate surface area is 126 Å². The summed E-state index contributed by atoms with van der Waals surface area (Å²) in [5.74, 6) is 0. The topological polar surface area (TPSA) is 58.9 Å². The highest BCUT2D eigenvalue weighted by atomic mass is 35.5. The van der Waals surface area contributed by atoms with Gasteiger partial charge in [0.1, 0.15) is 0 Å². The first-order valence-electron chi connectivity index (χ1n) is 6.18. The second kappa shape index (κ2) is 6.78. The van der Waals surface area contributed by atoms with Gasteiger partial charge in [-0.25, -0.2) is 14.6 Å². The van der Waals surface area contributed by atoms with Crippen molar-refractivity contribution in [1.82, 2.24) is 0 Å². The van der Waals surface area contributed by atoms with E-state index in [9.17, 15) is 9.59 Å². The number of carbonyl (C=O) groups excluding carboxylic acids is 2. The van der Waals surface area contributed by atoms with Gasteiger partial charge in [0, 0.05) is 5.56 Å². The lowest BCUT2D eigenvalue weighted by molar-refractivity contribution is 0.545. The van der Waals surface area contributed by atoms with Gasteiger partial charge < -0.3 is 0 Å². The van der Waals surface area contributed by atoms with E-state index in [1.807, 2.05) is 42.5 Å². The predicted molar refractivity (Wildman–Crippen MR) is 80.5 cm³/mol. The zero-order valence-electron chi connectivity index (χ0n) is 11.0. The summed E-state index contributed by atoms with van der Waals surface area (Å²) in [7, 11) is 0. The Bertz CT molecular complexity index is 720. The first kappa shape index (κ1) is 14.9. The lowest BCUT2D eigenvalue weighted by atomic mass is 9.94. The van der Waals surface area contributed by atoms with E-state index in [2.05, 4.69) is 9.98 Å². The summed E-state index contributed by atoms with van der Waals surface area (Å²) >= 11 is 6.40. The Hall–Kier alpha value is -2.51. The van der Waals surface area contributed by atoms with Crippen molar-refractivity contribution in [2.45, 2.75) is 5.00 Å². The van der Waals surface area contributed by atoms with Crippen LogP contribution < -0.4 is 0 Å². The molecule has 0 heterocycles. The minimum Gasteiger partial charge on any atom is -0.211 e. The summed E-state index contributed by atoms with van der Waals surface area (Å²) in [6, 6.07) is 16.8. The van der Waals surface area contributed by atoms with Gasteiger partial charge in [-0.2, -0.15) is 4.99 Å². The number of hydrogen-bond donors (Lipinski definition) is 0. The van der Waals surface area contributed by atoms with E-state index in [-0.39, 0.29) is 6.54 Å². The number of aliphatic imine (C=N–C) groups is 2. The molecule has 0 fully saturated rings. The molecule has 1 atom stereocenters. The van der Waals surface area contributed by atoms with E-state index < -0.39 is 5.00 Å². The van der Waals surface area contributed by atoms with Gasteiger partial charge in [-0.3, -0.25) is 0 Å². The molecule has 1 unspecified atom stereocenters. The third kappa shape index (κ3) is 3.33. The standard InChI is InChI=1S/C16H11ClN2O2/c17-16(19-12-21,10-18-11-20)15-9-5-4-8-14(15)13-6-2-1-3-7-13/h1-9H,10H2. The van der Waals surface area contributed by atoms with Gasteiger partial charge in [0.2, 0.25) is 12.2 Å². The summed E-state index contributed by atoms with van der Waals surface area (Å²) in [6.45, 7) is -0.183. The fraction of sp³-hybridized carbons (Fsp3) is 0.125. The molecule has 21 heavy (non-hydrogen) atoms. The van der Waals surface area contributed by atoms with Crippen LogP contribution in [0.1, 0.15) is 5.56 Å². The van der Waals surface area contributed by atoms with Gasteiger partial charge in [0.15, 0.2) is 5.00 Å². The van der Waals surface area contributed by atoms with E-state index in [4.69, 9.17) is 11.6 Å². The Balaban J connectivity index is 2.62. The van der Waals surface area contributed by atoms with Crippen molar-refractivity contribution < 1.29 is 9.59 Å². The van der Waals surface area contributed by atoms with Crippen LogP contribution in [-0.2, 0) is 14.6 Å². The summed E-state index contributed by atoms with van der Waals surface area (Å²) < 4.78 is 0. The Morgan fingerprint density at radius 1 is 0.952 bits per heavy atom. The minimum atomic E-state index is -1.47. The van der Waals surface area contributed by atoms with Crippen LogP contribution in [0.25, 0.3) is 11.1 Å². The van der Waals surface area contributed by atoms with Crippen LogP contribution >= 0.6 is 11.6 Å². The number of benzene rings is 2. The SMILES string of the molecule is O=C=NCC(Cl)(N=C=O)c1ccccc1-c1ccccc1. The monoisotopic (exact) mass is 298 g/mol. The summed E-state index contributed by atoms with van der Waals surface area (Å²) in [4.78, 5) is 26.7. The molecule has 0 saturated carbocycles. The van der Waals surface area contributed by atoms with Gasteiger partial charge >= 0.3 is 0 Å². The third-order valence-electron chi connectivity index (χ3n) is 3.00. The van der Waals surface area contributed by atoms with Gasteiger partial charge in [-0.1, -0.05) is 66.2 Å². The van der Waals surface area contributed by atoms with E-state index in [1.54, 1.807) is 12.1 Å². The first-order valence-corrected chi connectivity index (χ1v) is 6.55. The number of nitrogens with zero attached hydrogens (tertiary/aromatic N) is 2. The molecule has 104 valence electrons. The molecule has 2 rings (SSSR count). The smallest absolute Gasteiger partial charge is 0.211 e. The molecule has 0 aliphatic carbocycles. The quantitative estimate of drug-likeness (QED) is 0.367. The van der Waals surface area contributed by atoms with Crippen LogP contribution in [0, 0.1) is 0 Å². The maximum Gasteiger partial charge on any atom is 0.237 e. The Morgan fingerprint density at radius 2 is 1.62 bits per heavy atom. The third-order valence-corrected chi connectivity index (χ3v) is 3.41. The molecule has 2 aromatic rings. The van der Waals surface area contributed by atoms with Crippen LogP contribution in [0.3, 0.4) is 0 Å². The fourth-order valence-corrected chi connectivity index (χ4v) is 2.34. The molecule has 0 aliphatic rings. The number of isocyanates is 2. The van der Waals surface area contributed by atoms with Crippen LogP contribution in [0.2, 0.25) is 0 Å². The molecule has 2 aromatic carbocycles. The molecule has 0 radical (unpaired) electrons. The van der Waals surface area contributed by atoms with Crippen molar-refractivity contribution in [1.29, 1.82) is 0 Å². The molecular weight excluding hydrogens is 288 g/mol. The van der Waals surface area contributed by atoms with Crippen LogP contribution in [-0.4, -0.2) is 18.7 Å². The summed E-state index contributed by atoms with van der Waals surface area (Å²) in [5, 5.41) is 0. The Kier molecular flexibility index (Phi) is 4.81. The number of rotatable bonds is 5. The largest absolute Gasteiger partial charge is 0.237 e. The van der Waals surface area contributed by atoms with Crippen molar-refractivity contribution in [3.05, 3.63) is 60.2 Å². The average molecular weight is 299 g/mol. The van der Waals surface area contributed by atoms with Crippen molar-refractivity contribution in [3.63, 3.8) is 0 Å². The Morgan fingerprint density at radius 3 is 2.29 bits per heavy atom. The highest BCUT2D eigenvalue weighted by Gasteiger charge is 2.31. The van der Waals surface area contributed by atoms with E-state index in [0.29, 0.717) is 5.56 Å². The molecule has 0 N–H and O–H groups in total. The zero-order chi connectivity index (χ0) is 15.1. The number of alkyl halides is 1. The van der Waals surface area contributed by atoms with Crippen molar-refractivity contribution in [2.24, 2.45) is 9.98 Å². The highest BCUT2D eigenvalue weighted by Crippen LogP contribution is 2.37. The fourth-order valence-electron chi connectivity index (χ4n) is 2.08. The second-order valence-electron chi connectivity index (χ2n) is 4.28. The number of hydrogen-bond acceptors (Lipinski definition) is 4. The van der Waals surface area contributed by atoms with Gasteiger partial charge in [0.05, 0.1) is 6.54 Å². The van der Waals surface area contributed by atoms with E-state index in [0.717, 1.165) is 11.1 Å². The molecule has 0 bridgehead atoms. The van der Waals surface area contributed by atoms with Gasteiger partial charge in [-0.15, -0.1) is 0 Å². The molecule has 5 heteroatoms. The molecule has 0 saturated heterocycles. The van der Waals surface area contributed by atoms with Crippen molar-refractivity contribution >= 4 is 23.8 Å². The lowest BCUT2D eigenvalue weighted by Crippen LogP contribution is -2.21. The average Bonchev–Trinajstić information content (AvgIpc) is 2.54. The molecule has 0 aliphatic heterocycles. The lowest BCUT2D eigenvalue weighted by Gasteiger charge is -2.22. The molecule has 4 nitrogen and oxygen atoms in total. The van der Waals surface area contributed by atoms with E-state index >= 15 is 0 Å². The van der Waals surface area contributed by atoms with Crippen molar-refractivity contribution in [3.8, 4) is 11.1 Å². The second-order valence-corrected chi connectivity index (χ2v) is 4.91. The summed E-state index contributed by atoms with van der Waals surface area (Å²) in [5.41, 5.74) is 2.32. The molecule has 0 aromatic heterocycles. The molecule has 0 amide bonds. The first-order chi connectivity index (χ1) is 10.2. The van der Waals surface area contributed by atoms with Crippen LogP contribution in [0.15, 0.2) is 64.6 Å². The van der Waals surface area contributed by atoms with Crippen molar-refractivity contribution in [2.75, 3.05) is 6.54 Å². The van der Waals surface area contributed by atoms with Gasteiger partial charge in [-0.05, 0) is 11.1 Å².